The third-order valence-electron chi connectivity index (χ3n) is 8.00. The molecule has 2 heterocycles. The molecular formula is C34H32N2O2. The van der Waals surface area contributed by atoms with Crippen LogP contribution in [0.4, 0.5) is 0 Å². The lowest BCUT2D eigenvalue weighted by molar-refractivity contribution is -0.142. The molecule has 0 unspecified atom stereocenters. The van der Waals surface area contributed by atoms with E-state index in [-0.39, 0.29) is 23.9 Å². The summed E-state index contributed by atoms with van der Waals surface area (Å²) in [5, 5.41) is 0. The zero-order valence-electron chi connectivity index (χ0n) is 21.5. The molecule has 4 aromatic rings. The highest BCUT2D eigenvalue weighted by atomic mass is 16.2. The molecule has 2 aliphatic rings. The number of amides is 2. The Hall–Kier alpha value is -4.18. The quantitative estimate of drug-likeness (QED) is 0.352. The van der Waals surface area contributed by atoms with Gasteiger partial charge in [0, 0.05) is 13.1 Å². The average Bonchev–Trinajstić information content (AvgIpc) is 2.97. The fourth-order valence-electron chi connectivity index (χ4n) is 6.18. The van der Waals surface area contributed by atoms with Gasteiger partial charge in [-0.1, -0.05) is 109 Å². The minimum absolute atomic E-state index is 0.106. The zero-order valence-corrected chi connectivity index (χ0v) is 21.5. The van der Waals surface area contributed by atoms with Gasteiger partial charge in [-0.2, -0.15) is 0 Å². The van der Waals surface area contributed by atoms with Crippen molar-refractivity contribution in [2.75, 3.05) is 13.1 Å². The van der Waals surface area contributed by atoms with Gasteiger partial charge in [-0.3, -0.25) is 9.59 Å². The molecule has 2 amide bonds. The van der Waals surface area contributed by atoms with Crippen LogP contribution in [0.1, 0.15) is 45.5 Å². The molecule has 0 N–H and O–H groups in total. The van der Waals surface area contributed by atoms with Crippen LogP contribution >= 0.6 is 0 Å². The van der Waals surface area contributed by atoms with Crippen molar-refractivity contribution in [2.45, 2.75) is 37.8 Å². The molecule has 4 heteroatoms. The molecule has 4 aromatic carbocycles. The van der Waals surface area contributed by atoms with Gasteiger partial charge in [0.05, 0.1) is 24.9 Å². The lowest BCUT2D eigenvalue weighted by atomic mass is 9.80. The Morgan fingerprint density at radius 3 is 1.32 bits per heavy atom. The largest absolute Gasteiger partial charge is 0.333 e. The Morgan fingerprint density at radius 2 is 0.895 bits per heavy atom. The van der Waals surface area contributed by atoms with Gasteiger partial charge in [-0.15, -0.1) is 0 Å². The number of carbonyl (C=O) groups is 2. The summed E-state index contributed by atoms with van der Waals surface area (Å²) in [6, 6.07) is 36.3. The van der Waals surface area contributed by atoms with E-state index in [0.29, 0.717) is 25.9 Å². The van der Waals surface area contributed by atoms with E-state index >= 15 is 0 Å². The van der Waals surface area contributed by atoms with E-state index in [1.54, 1.807) is 0 Å². The molecule has 2 atom stereocenters. The van der Waals surface area contributed by atoms with Crippen molar-refractivity contribution >= 4 is 11.8 Å². The Bertz CT molecular complexity index is 1320. The fourth-order valence-corrected chi connectivity index (χ4v) is 6.18. The smallest absolute Gasteiger partial charge is 0.227 e. The van der Waals surface area contributed by atoms with Crippen molar-refractivity contribution in [2.24, 2.45) is 0 Å². The summed E-state index contributed by atoms with van der Waals surface area (Å²) in [4.78, 5) is 32.0. The van der Waals surface area contributed by atoms with E-state index < -0.39 is 0 Å². The number of nitrogens with zero attached hydrogens (tertiary/aromatic N) is 2. The molecule has 0 saturated carbocycles. The molecule has 0 saturated heterocycles. The predicted molar refractivity (Wildman–Crippen MR) is 149 cm³/mol. The van der Waals surface area contributed by atoms with Crippen molar-refractivity contribution in [1.82, 2.24) is 9.80 Å². The van der Waals surface area contributed by atoms with Crippen molar-refractivity contribution in [3.63, 3.8) is 0 Å². The monoisotopic (exact) mass is 500 g/mol. The van der Waals surface area contributed by atoms with E-state index in [2.05, 4.69) is 48.5 Å². The lowest BCUT2D eigenvalue weighted by Crippen LogP contribution is -2.51. The van der Waals surface area contributed by atoms with Crippen molar-refractivity contribution in [1.29, 1.82) is 0 Å². The maximum absolute atomic E-state index is 13.9. The van der Waals surface area contributed by atoms with Crippen LogP contribution in [0.2, 0.25) is 0 Å². The maximum Gasteiger partial charge on any atom is 0.227 e. The molecule has 0 aliphatic carbocycles. The molecule has 4 nitrogen and oxygen atoms in total. The molecule has 0 spiro atoms. The van der Waals surface area contributed by atoms with Crippen LogP contribution in [0.3, 0.4) is 0 Å². The first-order chi connectivity index (χ1) is 18.7. The SMILES string of the molecule is O=C(Cc1ccccc1)N1CCc2ccccc2[C@@H]1[C@H]1c2ccccc2CCN1C(=O)Cc1ccccc1. The number of fused-ring (bicyclic) bond motifs is 2. The average molecular weight is 501 g/mol. The Kier molecular flexibility index (Phi) is 6.78. The number of hydrogen-bond donors (Lipinski definition) is 0. The molecule has 38 heavy (non-hydrogen) atoms. The van der Waals surface area contributed by atoms with Crippen LogP contribution in [-0.4, -0.2) is 34.7 Å². The molecule has 6 rings (SSSR count). The third kappa shape index (κ3) is 4.74. The van der Waals surface area contributed by atoms with E-state index in [4.69, 9.17) is 0 Å². The molecule has 2 aliphatic heterocycles. The van der Waals surface area contributed by atoms with E-state index in [1.807, 2.05) is 70.5 Å². The topological polar surface area (TPSA) is 40.6 Å². The van der Waals surface area contributed by atoms with Crippen LogP contribution in [0, 0.1) is 0 Å². The Morgan fingerprint density at radius 1 is 0.526 bits per heavy atom. The summed E-state index contributed by atoms with van der Waals surface area (Å²) in [5.41, 5.74) is 6.85. The summed E-state index contributed by atoms with van der Waals surface area (Å²) in [6.45, 7) is 1.29. The van der Waals surface area contributed by atoms with Crippen LogP contribution in [0.15, 0.2) is 109 Å². The Balaban J connectivity index is 1.43. The first kappa shape index (κ1) is 24.2. The second kappa shape index (κ2) is 10.7. The highest BCUT2D eigenvalue weighted by Crippen LogP contribution is 2.45. The minimum Gasteiger partial charge on any atom is -0.333 e. The van der Waals surface area contributed by atoms with Crippen LogP contribution in [0.5, 0.6) is 0 Å². The molecular weight excluding hydrogens is 468 g/mol. The third-order valence-corrected chi connectivity index (χ3v) is 8.00. The number of rotatable bonds is 5. The molecule has 0 bridgehead atoms. The summed E-state index contributed by atoms with van der Waals surface area (Å²) in [5.74, 6) is 0.212. The summed E-state index contributed by atoms with van der Waals surface area (Å²) >= 11 is 0. The second-order valence-corrected chi connectivity index (χ2v) is 10.3. The lowest BCUT2D eigenvalue weighted by Gasteiger charge is -2.48. The minimum atomic E-state index is -0.239. The second-order valence-electron chi connectivity index (χ2n) is 10.3. The highest BCUT2D eigenvalue weighted by molar-refractivity contribution is 5.82. The molecule has 190 valence electrons. The molecule has 0 aromatic heterocycles. The highest BCUT2D eigenvalue weighted by Gasteiger charge is 2.43. The van der Waals surface area contributed by atoms with Crippen LogP contribution < -0.4 is 0 Å². The summed E-state index contributed by atoms with van der Waals surface area (Å²) in [6.07, 6.45) is 2.34. The predicted octanol–water partition coefficient (Wildman–Crippen LogP) is 5.72. The number of benzene rings is 4. The maximum atomic E-state index is 13.9. The first-order valence-electron chi connectivity index (χ1n) is 13.5. The van der Waals surface area contributed by atoms with Gasteiger partial charge < -0.3 is 9.80 Å². The van der Waals surface area contributed by atoms with Gasteiger partial charge >= 0.3 is 0 Å². The summed E-state index contributed by atoms with van der Waals surface area (Å²) < 4.78 is 0. The fraction of sp³-hybridized carbons (Fsp3) is 0.235. The van der Waals surface area contributed by atoms with E-state index in [0.717, 1.165) is 35.1 Å². The zero-order chi connectivity index (χ0) is 25.9. The first-order valence-corrected chi connectivity index (χ1v) is 13.5. The number of carbonyl (C=O) groups excluding carboxylic acids is 2. The summed E-state index contributed by atoms with van der Waals surface area (Å²) in [7, 11) is 0. The van der Waals surface area contributed by atoms with Crippen LogP contribution in [0.25, 0.3) is 0 Å². The van der Waals surface area contributed by atoms with Crippen molar-refractivity contribution in [3.8, 4) is 0 Å². The van der Waals surface area contributed by atoms with Gasteiger partial charge in [0.2, 0.25) is 11.8 Å². The standard InChI is InChI=1S/C34H32N2O2/c37-31(23-25-11-3-1-4-12-25)35-21-19-27-15-7-9-17-29(27)33(35)34-30-18-10-8-16-28(30)20-22-36(34)32(38)24-26-13-5-2-6-14-26/h1-18,33-34H,19-24H2/t33-,34-/m1/s1. The van der Waals surface area contributed by atoms with Gasteiger partial charge in [0.15, 0.2) is 0 Å². The van der Waals surface area contributed by atoms with Gasteiger partial charge in [0.25, 0.3) is 0 Å². The van der Waals surface area contributed by atoms with Gasteiger partial charge in [0.1, 0.15) is 0 Å². The van der Waals surface area contributed by atoms with Crippen molar-refractivity contribution in [3.05, 3.63) is 143 Å². The normalized spacial score (nSPS) is 18.4. The van der Waals surface area contributed by atoms with E-state index in [9.17, 15) is 9.59 Å². The van der Waals surface area contributed by atoms with Gasteiger partial charge in [-0.05, 0) is 46.2 Å². The number of hydrogen-bond acceptors (Lipinski definition) is 2. The van der Waals surface area contributed by atoms with Crippen LogP contribution in [-0.2, 0) is 35.3 Å². The molecule has 0 radical (unpaired) electrons. The van der Waals surface area contributed by atoms with E-state index in [1.165, 1.54) is 11.1 Å². The van der Waals surface area contributed by atoms with Gasteiger partial charge in [-0.25, -0.2) is 0 Å². The Labute approximate surface area is 224 Å². The van der Waals surface area contributed by atoms with Crippen molar-refractivity contribution < 1.29 is 9.59 Å². The molecule has 0 fully saturated rings.